The fraction of sp³-hybridized carbons (Fsp3) is 0.375. The molecule has 2 rings (SSSR count). The molecule has 1 aromatic carbocycles. The number of imidazole rings is 1. The largest absolute Gasteiger partial charge is 0.480 e. The lowest BCUT2D eigenvalue weighted by atomic mass is 10.2. The van der Waals surface area contributed by atoms with Gasteiger partial charge in [0.05, 0.1) is 5.56 Å². The van der Waals surface area contributed by atoms with E-state index in [4.69, 9.17) is 4.74 Å². The molecule has 24 heavy (non-hydrogen) atoms. The summed E-state index contributed by atoms with van der Waals surface area (Å²) in [5.41, 5.74) is -0.905. The van der Waals surface area contributed by atoms with E-state index in [0.29, 0.717) is 13.0 Å². The van der Waals surface area contributed by atoms with E-state index in [1.807, 2.05) is 11.6 Å². The molecule has 1 amide bonds. The molecule has 0 saturated heterocycles. The Morgan fingerprint density at radius 2 is 2.08 bits per heavy atom. The van der Waals surface area contributed by atoms with E-state index < -0.39 is 23.8 Å². The first-order valence-corrected chi connectivity index (χ1v) is 7.36. The second kappa shape index (κ2) is 7.37. The number of halogens is 3. The second-order valence-electron chi connectivity index (χ2n) is 5.25. The van der Waals surface area contributed by atoms with Crippen molar-refractivity contribution in [3.8, 4) is 5.75 Å². The average molecular weight is 341 g/mol. The van der Waals surface area contributed by atoms with Crippen molar-refractivity contribution in [1.29, 1.82) is 0 Å². The van der Waals surface area contributed by atoms with Gasteiger partial charge in [0.15, 0.2) is 6.10 Å². The van der Waals surface area contributed by atoms with Gasteiger partial charge in [-0.2, -0.15) is 13.2 Å². The lowest BCUT2D eigenvalue weighted by Crippen LogP contribution is -2.37. The Balaban J connectivity index is 1.91. The van der Waals surface area contributed by atoms with E-state index in [1.165, 1.54) is 25.1 Å². The van der Waals surface area contributed by atoms with Gasteiger partial charge in [0.2, 0.25) is 0 Å². The van der Waals surface area contributed by atoms with E-state index in [-0.39, 0.29) is 5.75 Å². The maximum absolute atomic E-state index is 12.9. The molecule has 130 valence electrons. The molecule has 0 saturated carbocycles. The minimum absolute atomic E-state index is 0.318. The summed E-state index contributed by atoms with van der Waals surface area (Å²) in [5, 5.41) is 2.63. The summed E-state index contributed by atoms with van der Waals surface area (Å²) in [4.78, 5) is 16.1. The van der Waals surface area contributed by atoms with Crippen LogP contribution in [0, 0.1) is 0 Å². The number of hydrogen-bond acceptors (Lipinski definition) is 3. The summed E-state index contributed by atoms with van der Waals surface area (Å²) < 4.78 is 45.7. The van der Waals surface area contributed by atoms with Crippen LogP contribution in [0.5, 0.6) is 5.75 Å². The fourth-order valence-electron chi connectivity index (χ4n) is 2.13. The predicted molar refractivity (Wildman–Crippen MR) is 81.5 cm³/mol. The normalized spacial score (nSPS) is 12.7. The Labute approximate surface area is 137 Å². The molecule has 0 fully saturated rings. The van der Waals surface area contributed by atoms with Crippen molar-refractivity contribution in [2.75, 3.05) is 6.54 Å². The topological polar surface area (TPSA) is 56.1 Å². The van der Waals surface area contributed by atoms with E-state index in [1.54, 1.807) is 12.4 Å². The maximum Gasteiger partial charge on any atom is 0.419 e. The lowest BCUT2D eigenvalue weighted by Gasteiger charge is -2.18. The molecule has 0 spiro atoms. The Hall–Kier alpha value is -2.51. The van der Waals surface area contributed by atoms with Crippen molar-refractivity contribution in [1.82, 2.24) is 14.9 Å². The van der Waals surface area contributed by atoms with Crippen molar-refractivity contribution in [2.45, 2.75) is 25.6 Å². The van der Waals surface area contributed by atoms with Crippen LogP contribution in [0.1, 0.15) is 18.3 Å². The number of amides is 1. The summed E-state index contributed by atoms with van der Waals surface area (Å²) in [7, 11) is 1.84. The molecule has 1 heterocycles. The zero-order valence-corrected chi connectivity index (χ0v) is 13.3. The van der Waals surface area contributed by atoms with Crippen molar-refractivity contribution in [3.63, 3.8) is 0 Å². The number of ether oxygens (including phenoxy) is 1. The number of rotatable bonds is 6. The predicted octanol–water partition coefficient (Wildman–Crippen LogP) is 2.57. The third-order valence-electron chi connectivity index (χ3n) is 3.43. The number of benzene rings is 1. The first-order chi connectivity index (χ1) is 11.3. The summed E-state index contributed by atoms with van der Waals surface area (Å²) in [6.07, 6.45) is -1.63. The van der Waals surface area contributed by atoms with Crippen LogP contribution in [0.15, 0.2) is 36.7 Å². The highest BCUT2D eigenvalue weighted by Crippen LogP contribution is 2.36. The Bertz CT molecular complexity index is 698. The van der Waals surface area contributed by atoms with Crippen molar-refractivity contribution in [2.24, 2.45) is 7.05 Å². The SMILES string of the molecule is C[C@H](Oc1ccccc1C(F)(F)F)C(=O)NCCc1nccn1C. The molecule has 1 aromatic heterocycles. The van der Waals surface area contributed by atoms with E-state index >= 15 is 0 Å². The highest BCUT2D eigenvalue weighted by Gasteiger charge is 2.34. The first-order valence-electron chi connectivity index (χ1n) is 7.36. The minimum Gasteiger partial charge on any atom is -0.480 e. The Morgan fingerprint density at radius 3 is 2.71 bits per heavy atom. The highest BCUT2D eigenvalue weighted by molar-refractivity contribution is 5.80. The van der Waals surface area contributed by atoms with E-state index in [2.05, 4.69) is 10.3 Å². The molecule has 0 unspecified atom stereocenters. The third kappa shape index (κ3) is 4.50. The molecule has 1 N–H and O–H groups in total. The molecule has 0 radical (unpaired) electrons. The van der Waals surface area contributed by atoms with Crippen LogP contribution in [0.2, 0.25) is 0 Å². The van der Waals surface area contributed by atoms with Crippen LogP contribution in [0.4, 0.5) is 13.2 Å². The molecule has 0 aliphatic carbocycles. The fourth-order valence-corrected chi connectivity index (χ4v) is 2.13. The summed E-state index contributed by atoms with van der Waals surface area (Å²) in [6.45, 7) is 1.72. The lowest BCUT2D eigenvalue weighted by molar-refractivity contribution is -0.140. The van der Waals surface area contributed by atoms with Gasteiger partial charge < -0.3 is 14.6 Å². The van der Waals surface area contributed by atoms with E-state index in [0.717, 1.165) is 11.9 Å². The number of carbonyl (C=O) groups excluding carboxylic acids is 1. The zero-order valence-electron chi connectivity index (χ0n) is 13.3. The zero-order chi connectivity index (χ0) is 17.7. The third-order valence-corrected chi connectivity index (χ3v) is 3.43. The number of nitrogens with zero attached hydrogens (tertiary/aromatic N) is 2. The van der Waals surface area contributed by atoms with Crippen LogP contribution in [0.3, 0.4) is 0 Å². The van der Waals surface area contributed by atoms with Crippen LogP contribution in [-0.2, 0) is 24.4 Å². The molecule has 5 nitrogen and oxygen atoms in total. The Kier molecular flexibility index (Phi) is 5.48. The summed E-state index contributed by atoms with van der Waals surface area (Å²) in [5.74, 6) is -0.0516. The maximum atomic E-state index is 12.9. The van der Waals surface area contributed by atoms with Gasteiger partial charge in [-0.05, 0) is 19.1 Å². The molecule has 8 heteroatoms. The highest BCUT2D eigenvalue weighted by atomic mass is 19.4. The van der Waals surface area contributed by atoms with Gasteiger partial charge in [-0.15, -0.1) is 0 Å². The van der Waals surface area contributed by atoms with Gasteiger partial charge in [-0.3, -0.25) is 4.79 Å². The quantitative estimate of drug-likeness (QED) is 0.879. The molecule has 0 aliphatic heterocycles. The summed E-state index contributed by atoms with van der Waals surface area (Å²) in [6, 6.07) is 4.81. The van der Waals surface area contributed by atoms with Gasteiger partial charge in [0.1, 0.15) is 11.6 Å². The number of alkyl halides is 3. The molecule has 1 atom stereocenters. The number of hydrogen-bond donors (Lipinski definition) is 1. The average Bonchev–Trinajstić information content (AvgIpc) is 2.92. The molecule has 2 aromatic rings. The smallest absolute Gasteiger partial charge is 0.419 e. The second-order valence-corrected chi connectivity index (χ2v) is 5.25. The van der Waals surface area contributed by atoms with Crippen molar-refractivity contribution in [3.05, 3.63) is 48.0 Å². The number of nitrogens with one attached hydrogen (secondary N) is 1. The van der Waals surface area contributed by atoms with Crippen LogP contribution in [-0.4, -0.2) is 28.1 Å². The van der Waals surface area contributed by atoms with Gasteiger partial charge >= 0.3 is 6.18 Å². The standard InChI is InChI=1S/C16H18F3N3O2/c1-11(15(23)21-8-7-14-20-9-10-22(14)2)24-13-6-4-3-5-12(13)16(17,18)19/h3-6,9-11H,7-8H2,1-2H3,(H,21,23)/t11-/m0/s1. The van der Waals surface area contributed by atoms with Crippen molar-refractivity contribution >= 4 is 5.91 Å². The summed E-state index contributed by atoms with van der Waals surface area (Å²) >= 11 is 0. The number of aromatic nitrogens is 2. The molecular formula is C16H18F3N3O2. The van der Waals surface area contributed by atoms with Crippen molar-refractivity contribution < 1.29 is 22.7 Å². The van der Waals surface area contributed by atoms with E-state index in [9.17, 15) is 18.0 Å². The molecule has 0 bridgehead atoms. The monoisotopic (exact) mass is 341 g/mol. The van der Waals surface area contributed by atoms with Crippen LogP contribution >= 0.6 is 0 Å². The van der Waals surface area contributed by atoms with Gasteiger partial charge in [0.25, 0.3) is 5.91 Å². The minimum atomic E-state index is -4.54. The van der Waals surface area contributed by atoms with Gasteiger partial charge in [0, 0.05) is 32.4 Å². The van der Waals surface area contributed by atoms with Crippen LogP contribution < -0.4 is 10.1 Å². The van der Waals surface area contributed by atoms with Crippen LogP contribution in [0.25, 0.3) is 0 Å². The van der Waals surface area contributed by atoms with Gasteiger partial charge in [-0.1, -0.05) is 12.1 Å². The molecule has 0 aliphatic rings. The number of para-hydroxylation sites is 1. The first kappa shape index (κ1) is 17.8. The number of carbonyl (C=O) groups is 1. The Morgan fingerprint density at radius 1 is 1.38 bits per heavy atom. The van der Waals surface area contributed by atoms with Gasteiger partial charge in [-0.25, -0.2) is 4.98 Å². The molecular weight excluding hydrogens is 323 g/mol. The number of aryl methyl sites for hydroxylation is 1.